The van der Waals surface area contributed by atoms with Gasteiger partial charge in [0.05, 0.1) is 28.9 Å². The molecule has 2 aromatic heterocycles. The highest BCUT2D eigenvalue weighted by molar-refractivity contribution is 6.29. The SMILES string of the molecule is CN1CCN(c2ccc(-c3cccc(CN(CCC(=O)O)C(=O)c4cccnc4)c3)cc2NC(=O)c2ccc(Cl)nc2)CC1. The van der Waals surface area contributed by atoms with E-state index < -0.39 is 5.97 Å². The number of carboxylic acid groups (broad SMARTS) is 1. The fourth-order valence-electron chi connectivity index (χ4n) is 5.07. The molecular weight excluding hydrogens is 580 g/mol. The average Bonchev–Trinajstić information content (AvgIpc) is 3.04. The molecule has 0 aliphatic carbocycles. The third kappa shape index (κ3) is 7.77. The summed E-state index contributed by atoms with van der Waals surface area (Å²) in [6.07, 6.45) is 4.33. The van der Waals surface area contributed by atoms with Crippen LogP contribution in [0.25, 0.3) is 11.1 Å². The van der Waals surface area contributed by atoms with Crippen molar-refractivity contribution in [3.05, 3.63) is 107 Å². The Balaban J connectivity index is 1.43. The molecule has 44 heavy (non-hydrogen) atoms. The number of halogens is 1. The van der Waals surface area contributed by atoms with Gasteiger partial charge in [-0.2, -0.15) is 0 Å². The maximum Gasteiger partial charge on any atom is 0.305 e. The van der Waals surface area contributed by atoms with Crippen LogP contribution in [-0.4, -0.2) is 82.4 Å². The molecule has 4 aromatic rings. The number of aromatic nitrogens is 2. The van der Waals surface area contributed by atoms with Gasteiger partial charge in [-0.15, -0.1) is 0 Å². The van der Waals surface area contributed by atoms with Gasteiger partial charge < -0.3 is 25.1 Å². The lowest BCUT2D eigenvalue weighted by atomic mass is 10.0. The Labute approximate surface area is 260 Å². The van der Waals surface area contributed by atoms with Crippen LogP contribution in [0.15, 0.2) is 85.3 Å². The first-order valence-electron chi connectivity index (χ1n) is 14.3. The maximum absolute atomic E-state index is 13.2. The second-order valence-corrected chi connectivity index (χ2v) is 11.0. The van der Waals surface area contributed by atoms with Gasteiger partial charge in [0, 0.05) is 57.9 Å². The first kappa shape index (κ1) is 30.7. The van der Waals surface area contributed by atoms with Crippen LogP contribution in [0.2, 0.25) is 5.15 Å². The van der Waals surface area contributed by atoms with Gasteiger partial charge in [-0.05, 0) is 66.2 Å². The molecule has 1 aliphatic heterocycles. The van der Waals surface area contributed by atoms with Crippen LogP contribution in [0.3, 0.4) is 0 Å². The topological polar surface area (TPSA) is 119 Å². The van der Waals surface area contributed by atoms with Crippen molar-refractivity contribution in [3.8, 4) is 11.1 Å². The molecule has 1 aliphatic rings. The van der Waals surface area contributed by atoms with Gasteiger partial charge in [0.25, 0.3) is 11.8 Å². The first-order chi connectivity index (χ1) is 21.3. The Kier molecular flexibility index (Phi) is 9.83. The van der Waals surface area contributed by atoms with Crippen LogP contribution in [-0.2, 0) is 11.3 Å². The molecule has 10 nitrogen and oxygen atoms in total. The van der Waals surface area contributed by atoms with Crippen molar-refractivity contribution >= 4 is 40.8 Å². The summed E-state index contributed by atoms with van der Waals surface area (Å²) in [6, 6.07) is 20.3. The molecule has 2 amide bonds. The van der Waals surface area contributed by atoms with Crippen molar-refractivity contribution in [2.24, 2.45) is 0 Å². The molecule has 0 unspecified atom stereocenters. The molecule has 0 bridgehead atoms. The van der Waals surface area contributed by atoms with Gasteiger partial charge in [-0.1, -0.05) is 35.9 Å². The number of piperazine rings is 1. The number of carbonyl (C=O) groups excluding carboxylic acids is 2. The summed E-state index contributed by atoms with van der Waals surface area (Å²) in [7, 11) is 2.09. The third-order valence-electron chi connectivity index (χ3n) is 7.50. The molecule has 2 N–H and O–H groups in total. The van der Waals surface area contributed by atoms with Gasteiger partial charge in [-0.3, -0.25) is 19.4 Å². The van der Waals surface area contributed by atoms with E-state index in [0.29, 0.717) is 22.0 Å². The molecule has 0 spiro atoms. The molecular formula is C33H33ClN6O4. The number of likely N-dealkylation sites (N-methyl/N-ethyl adjacent to an activating group) is 1. The number of anilines is 2. The molecule has 11 heteroatoms. The van der Waals surface area contributed by atoms with E-state index in [9.17, 15) is 19.5 Å². The standard InChI is InChI=1S/C33H33ClN6O4/c1-38-14-16-39(17-15-38)29-9-7-25(19-28(29)37-32(43)26-8-10-30(34)36-21-26)24-5-2-4-23(18-24)22-40(13-11-31(41)42)33(44)27-6-3-12-35-20-27/h2-10,12,18-21H,11,13-17,22H2,1H3,(H,37,43)(H,41,42). The molecule has 0 radical (unpaired) electrons. The minimum absolute atomic E-state index is 0.0583. The molecule has 1 fully saturated rings. The number of nitrogens with zero attached hydrogens (tertiary/aromatic N) is 5. The Hall–Kier alpha value is -4.80. The van der Waals surface area contributed by atoms with E-state index in [2.05, 4.69) is 32.1 Å². The molecule has 226 valence electrons. The van der Waals surface area contributed by atoms with Crippen LogP contribution < -0.4 is 10.2 Å². The number of hydrogen-bond acceptors (Lipinski definition) is 7. The summed E-state index contributed by atoms with van der Waals surface area (Å²) in [4.78, 5) is 51.9. The average molecular weight is 613 g/mol. The van der Waals surface area contributed by atoms with Gasteiger partial charge in [-0.25, -0.2) is 4.98 Å². The van der Waals surface area contributed by atoms with E-state index in [1.807, 2.05) is 42.5 Å². The van der Waals surface area contributed by atoms with Crippen molar-refractivity contribution in [2.75, 3.05) is 50.0 Å². The lowest BCUT2D eigenvalue weighted by molar-refractivity contribution is -0.137. The Bertz CT molecular complexity index is 1630. The molecule has 0 atom stereocenters. The van der Waals surface area contributed by atoms with E-state index in [-0.39, 0.29) is 31.3 Å². The number of carboxylic acids is 1. The highest BCUT2D eigenvalue weighted by atomic mass is 35.5. The minimum atomic E-state index is -0.980. The van der Waals surface area contributed by atoms with Gasteiger partial charge >= 0.3 is 5.97 Å². The van der Waals surface area contributed by atoms with Gasteiger partial charge in [0.1, 0.15) is 5.15 Å². The maximum atomic E-state index is 13.2. The largest absolute Gasteiger partial charge is 0.481 e. The fraction of sp³-hybridized carbons (Fsp3) is 0.242. The number of nitrogens with one attached hydrogen (secondary N) is 1. The smallest absolute Gasteiger partial charge is 0.305 e. The second-order valence-electron chi connectivity index (χ2n) is 10.7. The Morgan fingerprint density at radius 2 is 1.73 bits per heavy atom. The number of rotatable bonds is 10. The lowest BCUT2D eigenvalue weighted by Crippen LogP contribution is -2.44. The van der Waals surface area contributed by atoms with Crippen molar-refractivity contribution in [1.29, 1.82) is 0 Å². The highest BCUT2D eigenvalue weighted by Crippen LogP contribution is 2.33. The molecule has 3 heterocycles. The quantitative estimate of drug-likeness (QED) is 0.242. The minimum Gasteiger partial charge on any atom is -0.481 e. The summed E-state index contributed by atoms with van der Waals surface area (Å²) in [5.41, 5.74) is 5.00. The van der Waals surface area contributed by atoms with Crippen molar-refractivity contribution in [2.45, 2.75) is 13.0 Å². The number of pyridine rings is 2. The van der Waals surface area contributed by atoms with E-state index in [4.69, 9.17) is 11.6 Å². The summed E-state index contributed by atoms with van der Waals surface area (Å²) < 4.78 is 0. The van der Waals surface area contributed by atoms with Crippen molar-refractivity contribution < 1.29 is 19.5 Å². The lowest BCUT2D eigenvalue weighted by Gasteiger charge is -2.35. The zero-order valence-electron chi connectivity index (χ0n) is 24.3. The number of carbonyl (C=O) groups is 3. The van der Waals surface area contributed by atoms with Gasteiger partial charge in [0.15, 0.2) is 0 Å². The van der Waals surface area contributed by atoms with Crippen LogP contribution in [0.5, 0.6) is 0 Å². The van der Waals surface area contributed by atoms with E-state index in [1.54, 1.807) is 30.5 Å². The summed E-state index contributed by atoms with van der Waals surface area (Å²) in [6.45, 7) is 3.76. The third-order valence-corrected chi connectivity index (χ3v) is 7.73. The van der Waals surface area contributed by atoms with Crippen LogP contribution >= 0.6 is 11.6 Å². The predicted octanol–water partition coefficient (Wildman–Crippen LogP) is 4.92. The van der Waals surface area contributed by atoms with E-state index in [1.165, 1.54) is 17.3 Å². The first-order valence-corrected chi connectivity index (χ1v) is 14.7. The van der Waals surface area contributed by atoms with E-state index in [0.717, 1.165) is 48.6 Å². The van der Waals surface area contributed by atoms with Crippen molar-refractivity contribution in [1.82, 2.24) is 19.8 Å². The predicted molar refractivity (Wildman–Crippen MR) is 170 cm³/mol. The Morgan fingerprint density at radius 1 is 0.932 bits per heavy atom. The number of aliphatic carboxylic acids is 1. The molecule has 0 saturated carbocycles. The van der Waals surface area contributed by atoms with Crippen LogP contribution in [0.1, 0.15) is 32.7 Å². The van der Waals surface area contributed by atoms with E-state index >= 15 is 0 Å². The monoisotopic (exact) mass is 612 g/mol. The number of amides is 2. The number of hydrogen-bond donors (Lipinski definition) is 2. The molecule has 1 saturated heterocycles. The van der Waals surface area contributed by atoms with Crippen LogP contribution in [0.4, 0.5) is 11.4 Å². The van der Waals surface area contributed by atoms with Gasteiger partial charge in [0.2, 0.25) is 0 Å². The van der Waals surface area contributed by atoms with Crippen LogP contribution in [0, 0.1) is 0 Å². The van der Waals surface area contributed by atoms with Crippen molar-refractivity contribution in [3.63, 3.8) is 0 Å². The summed E-state index contributed by atoms with van der Waals surface area (Å²) in [5.74, 6) is -1.56. The normalized spacial score (nSPS) is 13.4. The Morgan fingerprint density at radius 3 is 2.43 bits per heavy atom. The fourth-order valence-corrected chi connectivity index (χ4v) is 5.18. The highest BCUT2D eigenvalue weighted by Gasteiger charge is 2.21. The zero-order valence-corrected chi connectivity index (χ0v) is 25.1. The number of benzene rings is 2. The molecule has 5 rings (SSSR count). The summed E-state index contributed by atoms with van der Waals surface area (Å²) in [5, 5.41) is 12.7. The zero-order chi connectivity index (χ0) is 31.1. The second kappa shape index (κ2) is 14.1. The molecule has 2 aromatic carbocycles. The summed E-state index contributed by atoms with van der Waals surface area (Å²) >= 11 is 5.92.